The van der Waals surface area contributed by atoms with Gasteiger partial charge in [0.05, 0.1) is 12.7 Å². The van der Waals surface area contributed by atoms with E-state index in [0.29, 0.717) is 11.3 Å². The highest BCUT2D eigenvalue weighted by Gasteiger charge is 2.31. The number of rotatable bonds is 4. The average Bonchev–Trinajstić information content (AvgIpc) is 2.45. The Morgan fingerprint density at radius 2 is 1.62 bits per heavy atom. The minimum absolute atomic E-state index is 0.244. The van der Waals surface area contributed by atoms with E-state index >= 15 is 0 Å². The molecule has 0 unspecified atom stereocenters. The second-order valence-corrected chi connectivity index (χ2v) is 4.10. The van der Waals surface area contributed by atoms with Crippen LogP contribution in [0.2, 0.25) is 0 Å². The Kier molecular flexibility index (Phi) is 4.16. The van der Waals surface area contributed by atoms with E-state index in [-0.39, 0.29) is 17.1 Å². The normalized spacial score (nSPS) is 11.0. The molecule has 2 aromatic carbocycles. The first-order valence-corrected chi connectivity index (χ1v) is 5.94. The van der Waals surface area contributed by atoms with Crippen LogP contribution in [0.5, 0.6) is 11.5 Å². The second kappa shape index (κ2) is 5.87. The third-order valence-corrected chi connectivity index (χ3v) is 2.70. The molecule has 0 aliphatic carbocycles. The molecule has 3 nitrogen and oxygen atoms in total. The zero-order valence-corrected chi connectivity index (χ0v) is 11.0. The smallest absolute Gasteiger partial charge is 0.496 e. The number of carbonyl (C=O) groups excluding carboxylic acids is 1. The fourth-order valence-corrected chi connectivity index (χ4v) is 1.80. The highest BCUT2D eigenvalue weighted by atomic mass is 19.4. The van der Waals surface area contributed by atoms with Crippen molar-refractivity contribution in [3.63, 3.8) is 0 Å². The van der Waals surface area contributed by atoms with Crippen molar-refractivity contribution in [3.8, 4) is 11.5 Å². The molecule has 0 bridgehead atoms. The lowest BCUT2D eigenvalue weighted by Gasteiger charge is -2.10. The van der Waals surface area contributed by atoms with E-state index in [1.165, 1.54) is 19.2 Å². The molecule has 21 heavy (non-hydrogen) atoms. The molecule has 0 saturated heterocycles. The lowest BCUT2D eigenvalue weighted by atomic mass is 10.0. The quantitative estimate of drug-likeness (QED) is 0.804. The van der Waals surface area contributed by atoms with Crippen molar-refractivity contribution >= 4 is 5.78 Å². The van der Waals surface area contributed by atoms with Gasteiger partial charge in [-0.15, -0.1) is 13.2 Å². The van der Waals surface area contributed by atoms with Crippen molar-refractivity contribution in [1.82, 2.24) is 0 Å². The molecule has 2 aromatic rings. The van der Waals surface area contributed by atoms with Crippen LogP contribution in [0, 0.1) is 0 Å². The average molecular weight is 296 g/mol. The molecule has 0 atom stereocenters. The number of alkyl halides is 3. The molecular formula is C15H11F3O3. The molecule has 2 rings (SSSR count). The molecule has 0 saturated carbocycles. The van der Waals surface area contributed by atoms with Gasteiger partial charge in [-0.25, -0.2) is 0 Å². The molecular weight excluding hydrogens is 285 g/mol. The topological polar surface area (TPSA) is 35.5 Å². The Labute approximate surface area is 118 Å². The van der Waals surface area contributed by atoms with Gasteiger partial charge in [0.15, 0.2) is 5.78 Å². The fourth-order valence-electron chi connectivity index (χ4n) is 1.80. The Bertz CT molecular complexity index is 633. The van der Waals surface area contributed by atoms with Crippen LogP contribution in [0.1, 0.15) is 15.9 Å². The van der Waals surface area contributed by atoms with Gasteiger partial charge in [-0.1, -0.05) is 12.1 Å². The van der Waals surface area contributed by atoms with Crippen LogP contribution in [-0.4, -0.2) is 19.3 Å². The summed E-state index contributed by atoms with van der Waals surface area (Å²) >= 11 is 0. The number of carbonyl (C=O) groups is 1. The van der Waals surface area contributed by atoms with Gasteiger partial charge in [-0.05, 0) is 36.4 Å². The van der Waals surface area contributed by atoms with Crippen molar-refractivity contribution in [2.24, 2.45) is 0 Å². The number of hydrogen-bond acceptors (Lipinski definition) is 3. The summed E-state index contributed by atoms with van der Waals surface area (Å²) in [5.74, 6) is -0.316. The van der Waals surface area contributed by atoms with E-state index in [1.807, 2.05) is 0 Å². The maximum absolute atomic E-state index is 12.3. The number of hydrogen-bond donors (Lipinski definition) is 0. The molecule has 0 amide bonds. The number of ether oxygens (including phenoxy) is 2. The Balaban J connectivity index is 2.24. The maximum atomic E-state index is 12.3. The van der Waals surface area contributed by atoms with Gasteiger partial charge in [0, 0.05) is 5.56 Å². The predicted octanol–water partition coefficient (Wildman–Crippen LogP) is 3.82. The zero-order chi connectivity index (χ0) is 15.5. The van der Waals surface area contributed by atoms with Crippen molar-refractivity contribution in [2.75, 3.05) is 7.11 Å². The monoisotopic (exact) mass is 296 g/mol. The Hall–Kier alpha value is -2.50. The van der Waals surface area contributed by atoms with E-state index < -0.39 is 6.36 Å². The van der Waals surface area contributed by atoms with Crippen molar-refractivity contribution in [1.29, 1.82) is 0 Å². The third-order valence-electron chi connectivity index (χ3n) is 2.70. The van der Waals surface area contributed by atoms with Crippen LogP contribution < -0.4 is 9.47 Å². The minimum Gasteiger partial charge on any atom is -0.496 e. The minimum atomic E-state index is -4.76. The van der Waals surface area contributed by atoms with Crippen molar-refractivity contribution in [2.45, 2.75) is 6.36 Å². The summed E-state index contributed by atoms with van der Waals surface area (Å²) in [6.45, 7) is 0. The lowest BCUT2D eigenvalue weighted by Crippen LogP contribution is -2.17. The summed E-state index contributed by atoms with van der Waals surface area (Å²) in [4.78, 5) is 12.3. The lowest BCUT2D eigenvalue weighted by molar-refractivity contribution is -0.274. The number of methoxy groups -OCH3 is 1. The molecule has 0 aromatic heterocycles. The summed E-state index contributed by atoms with van der Waals surface area (Å²) in [6.07, 6.45) is -4.76. The molecule has 110 valence electrons. The van der Waals surface area contributed by atoms with Gasteiger partial charge in [0.25, 0.3) is 0 Å². The zero-order valence-electron chi connectivity index (χ0n) is 11.0. The van der Waals surface area contributed by atoms with Gasteiger partial charge >= 0.3 is 6.36 Å². The van der Waals surface area contributed by atoms with E-state index in [0.717, 1.165) is 12.1 Å². The first-order chi connectivity index (χ1) is 9.90. The molecule has 0 radical (unpaired) electrons. The summed E-state index contributed by atoms with van der Waals surface area (Å²) < 4.78 is 45.0. The standard InChI is InChI=1S/C15H11F3O3/c1-20-13-5-3-2-4-12(13)14(19)10-6-8-11(9-7-10)21-15(16,17)18/h2-9H,1H3. The number of halogens is 3. The summed E-state index contributed by atoms with van der Waals surface area (Å²) in [6, 6.07) is 11.3. The highest BCUT2D eigenvalue weighted by Crippen LogP contribution is 2.25. The van der Waals surface area contributed by atoms with Gasteiger partial charge < -0.3 is 9.47 Å². The Morgan fingerprint density at radius 3 is 2.19 bits per heavy atom. The van der Waals surface area contributed by atoms with Crippen molar-refractivity contribution < 1.29 is 27.4 Å². The van der Waals surface area contributed by atoms with Crippen LogP contribution in [0.4, 0.5) is 13.2 Å². The number of ketones is 1. The van der Waals surface area contributed by atoms with E-state index in [4.69, 9.17) is 4.74 Å². The van der Waals surface area contributed by atoms with Crippen LogP contribution in [0.3, 0.4) is 0 Å². The van der Waals surface area contributed by atoms with E-state index in [1.54, 1.807) is 24.3 Å². The third kappa shape index (κ3) is 3.75. The summed E-state index contributed by atoms with van der Waals surface area (Å²) in [5.41, 5.74) is 0.582. The molecule has 0 spiro atoms. The number of benzene rings is 2. The highest BCUT2D eigenvalue weighted by molar-refractivity contribution is 6.10. The van der Waals surface area contributed by atoms with Crippen molar-refractivity contribution in [3.05, 3.63) is 59.7 Å². The fraction of sp³-hybridized carbons (Fsp3) is 0.133. The molecule has 0 N–H and O–H groups in total. The largest absolute Gasteiger partial charge is 0.573 e. The molecule has 0 fully saturated rings. The van der Waals surface area contributed by atoms with Crippen LogP contribution in [0.25, 0.3) is 0 Å². The first kappa shape index (κ1) is 14.9. The van der Waals surface area contributed by atoms with Crippen LogP contribution >= 0.6 is 0 Å². The number of para-hydroxylation sites is 1. The first-order valence-electron chi connectivity index (χ1n) is 5.94. The SMILES string of the molecule is COc1ccccc1C(=O)c1ccc(OC(F)(F)F)cc1. The molecule has 6 heteroatoms. The summed E-state index contributed by atoms with van der Waals surface area (Å²) in [7, 11) is 1.44. The van der Waals surface area contributed by atoms with Crippen LogP contribution in [0.15, 0.2) is 48.5 Å². The Morgan fingerprint density at radius 1 is 1.00 bits per heavy atom. The molecule has 0 heterocycles. The second-order valence-electron chi connectivity index (χ2n) is 4.10. The molecule has 0 aliphatic rings. The van der Waals surface area contributed by atoms with Gasteiger partial charge in [-0.2, -0.15) is 0 Å². The van der Waals surface area contributed by atoms with Gasteiger partial charge in [0.2, 0.25) is 0 Å². The maximum Gasteiger partial charge on any atom is 0.573 e. The predicted molar refractivity (Wildman–Crippen MR) is 69.6 cm³/mol. The van der Waals surface area contributed by atoms with E-state index in [2.05, 4.69) is 4.74 Å². The van der Waals surface area contributed by atoms with Gasteiger partial charge in [0.1, 0.15) is 11.5 Å². The van der Waals surface area contributed by atoms with E-state index in [9.17, 15) is 18.0 Å². The summed E-state index contributed by atoms with van der Waals surface area (Å²) in [5, 5.41) is 0. The molecule has 0 aliphatic heterocycles. The van der Waals surface area contributed by atoms with Crippen LogP contribution in [-0.2, 0) is 0 Å². The van der Waals surface area contributed by atoms with Gasteiger partial charge in [-0.3, -0.25) is 4.79 Å².